The molecule has 0 unspecified atom stereocenters. The van der Waals surface area contributed by atoms with Gasteiger partial charge in [-0.05, 0) is 37.8 Å². The smallest absolute Gasteiger partial charge is 0.223 e. The van der Waals surface area contributed by atoms with Crippen LogP contribution in [0.25, 0.3) is 0 Å². The minimum atomic E-state index is -0.892. The van der Waals surface area contributed by atoms with Crippen LogP contribution >= 0.6 is 0 Å². The summed E-state index contributed by atoms with van der Waals surface area (Å²) in [5.74, 6) is 0.931. The van der Waals surface area contributed by atoms with Gasteiger partial charge in [0.15, 0.2) is 0 Å². The first-order valence-corrected chi connectivity index (χ1v) is 8.40. The van der Waals surface area contributed by atoms with Crippen molar-refractivity contribution in [1.82, 2.24) is 10.3 Å². The Morgan fingerprint density at radius 3 is 3.00 bits per heavy atom. The highest BCUT2D eigenvalue weighted by Crippen LogP contribution is 2.24. The monoisotopic (exact) mass is 319 g/mol. The number of carbonyl (C=O) groups excluding carboxylic acids is 1. The Kier molecular flexibility index (Phi) is 5.13. The molecule has 1 amide bonds. The molecule has 2 saturated heterocycles. The van der Waals surface area contributed by atoms with Gasteiger partial charge in [0.05, 0.1) is 5.60 Å². The van der Waals surface area contributed by atoms with Crippen LogP contribution in [0.4, 0.5) is 5.82 Å². The summed E-state index contributed by atoms with van der Waals surface area (Å²) >= 11 is 0. The molecule has 0 radical (unpaired) electrons. The van der Waals surface area contributed by atoms with Gasteiger partial charge in [-0.25, -0.2) is 4.98 Å². The quantitative estimate of drug-likeness (QED) is 0.864. The summed E-state index contributed by atoms with van der Waals surface area (Å²) in [7, 11) is 0. The molecule has 1 atom stereocenters. The molecule has 23 heavy (non-hydrogen) atoms. The Bertz CT molecular complexity index is 519. The second kappa shape index (κ2) is 7.27. The molecule has 0 bridgehead atoms. The number of amides is 1. The average molecular weight is 319 g/mol. The molecule has 6 heteroatoms. The van der Waals surface area contributed by atoms with Crippen LogP contribution in [0, 0.1) is 5.92 Å². The van der Waals surface area contributed by atoms with E-state index in [1.807, 2.05) is 18.2 Å². The molecule has 1 aromatic heterocycles. The lowest BCUT2D eigenvalue weighted by Gasteiger charge is -2.40. The standard InChI is InChI=1S/C17H25N3O3/c21-16(14-5-10-23-11-6-14)19-12-17(22)7-3-9-20(13-17)15-4-1-2-8-18-15/h1-2,4,8,14,22H,3,5-7,9-13H2,(H,19,21)/t17-/m0/s1. The largest absolute Gasteiger partial charge is 0.386 e. The lowest BCUT2D eigenvalue weighted by Crippen LogP contribution is -2.55. The third-order valence-electron chi connectivity index (χ3n) is 4.71. The molecule has 2 N–H and O–H groups in total. The topological polar surface area (TPSA) is 74.7 Å². The summed E-state index contributed by atoms with van der Waals surface area (Å²) < 4.78 is 5.28. The van der Waals surface area contributed by atoms with Crippen LogP contribution in [0.1, 0.15) is 25.7 Å². The molecule has 3 rings (SSSR count). The summed E-state index contributed by atoms with van der Waals surface area (Å²) in [6.07, 6.45) is 4.88. The van der Waals surface area contributed by atoms with Crippen molar-refractivity contribution in [3.8, 4) is 0 Å². The fourth-order valence-electron chi connectivity index (χ4n) is 3.35. The molecular formula is C17H25N3O3. The average Bonchev–Trinajstić information content (AvgIpc) is 2.61. The van der Waals surface area contributed by atoms with Crippen LogP contribution < -0.4 is 10.2 Å². The number of nitrogens with one attached hydrogen (secondary N) is 1. The molecule has 2 fully saturated rings. The van der Waals surface area contributed by atoms with E-state index in [0.717, 1.165) is 31.6 Å². The number of aromatic nitrogens is 1. The van der Waals surface area contributed by atoms with Crippen LogP contribution in [-0.2, 0) is 9.53 Å². The molecule has 3 heterocycles. The first-order valence-electron chi connectivity index (χ1n) is 8.40. The Morgan fingerprint density at radius 2 is 2.26 bits per heavy atom. The van der Waals surface area contributed by atoms with E-state index >= 15 is 0 Å². The van der Waals surface area contributed by atoms with Crippen molar-refractivity contribution in [2.45, 2.75) is 31.3 Å². The van der Waals surface area contributed by atoms with Gasteiger partial charge in [-0.3, -0.25) is 4.79 Å². The third-order valence-corrected chi connectivity index (χ3v) is 4.71. The van der Waals surface area contributed by atoms with E-state index in [2.05, 4.69) is 15.2 Å². The number of aliphatic hydroxyl groups is 1. The number of carbonyl (C=O) groups is 1. The van der Waals surface area contributed by atoms with E-state index in [-0.39, 0.29) is 11.8 Å². The molecule has 0 aromatic carbocycles. The molecule has 0 saturated carbocycles. The fraction of sp³-hybridized carbons (Fsp3) is 0.647. The maximum Gasteiger partial charge on any atom is 0.223 e. The number of β-amino-alcohol motifs (C(OH)–C–C–N with tert-alkyl or cyclic N) is 1. The van der Waals surface area contributed by atoms with E-state index in [4.69, 9.17) is 4.74 Å². The molecule has 2 aliphatic rings. The van der Waals surface area contributed by atoms with Crippen LogP contribution in [0.15, 0.2) is 24.4 Å². The number of piperidine rings is 1. The number of hydrogen-bond acceptors (Lipinski definition) is 5. The minimum Gasteiger partial charge on any atom is -0.386 e. The third kappa shape index (κ3) is 4.20. The van der Waals surface area contributed by atoms with Crippen LogP contribution in [0.5, 0.6) is 0 Å². The van der Waals surface area contributed by atoms with Crippen molar-refractivity contribution in [3.05, 3.63) is 24.4 Å². The second-order valence-electron chi connectivity index (χ2n) is 6.54. The minimum absolute atomic E-state index is 0.0165. The lowest BCUT2D eigenvalue weighted by atomic mass is 9.92. The Hall–Kier alpha value is -1.66. The maximum absolute atomic E-state index is 12.2. The van der Waals surface area contributed by atoms with Crippen molar-refractivity contribution in [2.75, 3.05) is 37.7 Å². The Balaban J connectivity index is 1.54. The number of anilines is 1. The van der Waals surface area contributed by atoms with E-state index in [0.29, 0.717) is 32.7 Å². The highest BCUT2D eigenvalue weighted by molar-refractivity contribution is 5.78. The summed E-state index contributed by atoms with van der Waals surface area (Å²) in [5.41, 5.74) is -0.892. The predicted molar refractivity (Wildman–Crippen MR) is 87.2 cm³/mol. The SMILES string of the molecule is O=C(NC[C@@]1(O)CCCN(c2ccccn2)C1)C1CCOCC1. The van der Waals surface area contributed by atoms with Crippen molar-refractivity contribution in [1.29, 1.82) is 0 Å². The number of ether oxygens (including phenoxy) is 1. The molecule has 1 aromatic rings. The van der Waals surface area contributed by atoms with Gasteiger partial charge in [-0.2, -0.15) is 0 Å². The van der Waals surface area contributed by atoms with Crippen molar-refractivity contribution >= 4 is 11.7 Å². The zero-order valence-corrected chi connectivity index (χ0v) is 13.4. The highest BCUT2D eigenvalue weighted by atomic mass is 16.5. The Labute approximate surface area is 136 Å². The normalized spacial score (nSPS) is 26.0. The molecule has 6 nitrogen and oxygen atoms in total. The summed E-state index contributed by atoms with van der Waals surface area (Å²) in [5, 5.41) is 13.8. The van der Waals surface area contributed by atoms with Crippen LogP contribution in [0.2, 0.25) is 0 Å². The summed E-state index contributed by atoms with van der Waals surface area (Å²) in [4.78, 5) is 18.7. The first-order chi connectivity index (χ1) is 11.2. The van der Waals surface area contributed by atoms with E-state index in [9.17, 15) is 9.90 Å². The molecule has 0 aliphatic carbocycles. The van der Waals surface area contributed by atoms with Crippen LogP contribution in [0.3, 0.4) is 0 Å². The number of nitrogens with zero attached hydrogens (tertiary/aromatic N) is 2. The predicted octanol–water partition coefficient (Wildman–Crippen LogP) is 0.956. The van der Waals surface area contributed by atoms with Gasteiger partial charge < -0.3 is 20.1 Å². The fourth-order valence-corrected chi connectivity index (χ4v) is 3.35. The molecule has 2 aliphatic heterocycles. The van der Waals surface area contributed by atoms with Crippen molar-refractivity contribution in [3.63, 3.8) is 0 Å². The second-order valence-corrected chi connectivity index (χ2v) is 6.54. The molecule has 126 valence electrons. The Morgan fingerprint density at radius 1 is 1.43 bits per heavy atom. The number of pyridine rings is 1. The highest BCUT2D eigenvalue weighted by Gasteiger charge is 2.35. The van der Waals surface area contributed by atoms with E-state index in [1.165, 1.54) is 0 Å². The van der Waals surface area contributed by atoms with E-state index < -0.39 is 5.60 Å². The van der Waals surface area contributed by atoms with Gasteiger partial charge in [0.25, 0.3) is 0 Å². The van der Waals surface area contributed by atoms with Gasteiger partial charge in [0, 0.05) is 45.0 Å². The first kappa shape index (κ1) is 16.2. The van der Waals surface area contributed by atoms with Gasteiger partial charge in [-0.1, -0.05) is 6.07 Å². The van der Waals surface area contributed by atoms with Crippen molar-refractivity contribution < 1.29 is 14.6 Å². The summed E-state index contributed by atoms with van der Waals surface area (Å²) in [6.45, 7) is 2.98. The molecular weight excluding hydrogens is 294 g/mol. The van der Waals surface area contributed by atoms with Crippen molar-refractivity contribution in [2.24, 2.45) is 5.92 Å². The molecule has 0 spiro atoms. The number of hydrogen-bond donors (Lipinski definition) is 2. The van der Waals surface area contributed by atoms with Crippen LogP contribution in [-0.4, -0.2) is 54.4 Å². The summed E-state index contributed by atoms with van der Waals surface area (Å²) in [6, 6.07) is 5.78. The van der Waals surface area contributed by atoms with E-state index in [1.54, 1.807) is 6.20 Å². The van der Waals surface area contributed by atoms with Gasteiger partial charge in [-0.15, -0.1) is 0 Å². The maximum atomic E-state index is 12.2. The zero-order chi connectivity index (χ0) is 16.1. The lowest BCUT2D eigenvalue weighted by molar-refractivity contribution is -0.129. The van der Waals surface area contributed by atoms with Gasteiger partial charge in [0.2, 0.25) is 5.91 Å². The van der Waals surface area contributed by atoms with Gasteiger partial charge in [0.1, 0.15) is 5.82 Å². The van der Waals surface area contributed by atoms with Gasteiger partial charge >= 0.3 is 0 Å². The number of rotatable bonds is 4. The zero-order valence-electron chi connectivity index (χ0n) is 13.4.